The van der Waals surface area contributed by atoms with Gasteiger partial charge in [-0.1, -0.05) is 18.2 Å². The van der Waals surface area contributed by atoms with E-state index in [4.69, 9.17) is 0 Å². The van der Waals surface area contributed by atoms with Gasteiger partial charge in [-0.2, -0.15) is 26.3 Å². The topological polar surface area (TPSA) is 83.5 Å². The maximum Gasteiger partial charge on any atom is 0.416 e. The average Bonchev–Trinajstić information content (AvgIpc) is 2.69. The molecule has 5 nitrogen and oxygen atoms in total. The van der Waals surface area contributed by atoms with Crippen LogP contribution in [0.3, 0.4) is 0 Å². The van der Waals surface area contributed by atoms with Crippen molar-refractivity contribution in [1.82, 2.24) is 5.32 Å². The summed E-state index contributed by atoms with van der Waals surface area (Å²) in [5, 5.41) is 11.1. The number of nitrogens with one attached hydrogen (secondary N) is 1. The number of hydrogen-bond donors (Lipinski definition) is 2. The Labute approximate surface area is 174 Å². The van der Waals surface area contributed by atoms with Crippen molar-refractivity contribution in [2.45, 2.75) is 29.7 Å². The molecule has 0 aliphatic carbocycles. The van der Waals surface area contributed by atoms with Gasteiger partial charge < -0.3 is 10.4 Å². The zero-order valence-electron chi connectivity index (χ0n) is 15.5. The van der Waals surface area contributed by atoms with Crippen molar-refractivity contribution in [3.8, 4) is 0 Å². The second kappa shape index (κ2) is 9.50. The van der Waals surface area contributed by atoms with Crippen LogP contribution in [0.15, 0.2) is 53.4 Å². The van der Waals surface area contributed by atoms with Crippen molar-refractivity contribution in [3.05, 3.63) is 65.2 Å². The van der Waals surface area contributed by atoms with Crippen LogP contribution in [0.4, 0.5) is 26.3 Å². The molecule has 0 heterocycles. The Kier molecular flexibility index (Phi) is 7.47. The summed E-state index contributed by atoms with van der Waals surface area (Å²) in [6, 6.07) is 6.53. The molecule has 0 aliphatic rings. The Hall–Kier alpha value is -2.89. The van der Waals surface area contributed by atoms with Crippen molar-refractivity contribution < 1.29 is 45.2 Å². The smallest absolute Gasteiger partial charge is 0.416 e. The number of carboxylic acid groups (broad SMARTS) is 1. The number of benzene rings is 2. The van der Waals surface area contributed by atoms with Gasteiger partial charge in [-0.05, 0) is 36.8 Å². The van der Waals surface area contributed by atoms with Crippen LogP contribution in [-0.4, -0.2) is 33.0 Å². The Morgan fingerprint density at radius 3 is 1.90 bits per heavy atom. The average molecular weight is 467 g/mol. The summed E-state index contributed by atoms with van der Waals surface area (Å²) >= 11 is 0. The first-order valence-electron chi connectivity index (χ1n) is 8.55. The monoisotopic (exact) mass is 467 g/mol. The number of carbonyl (C=O) groups excluding carboxylic acids is 1. The Balaban J connectivity index is 2.22. The summed E-state index contributed by atoms with van der Waals surface area (Å²) in [7, 11) is -1.62. The molecule has 0 spiro atoms. The predicted octanol–water partition coefficient (Wildman–Crippen LogP) is 4.11. The molecule has 0 aromatic heterocycles. The quantitative estimate of drug-likeness (QED) is 0.601. The van der Waals surface area contributed by atoms with E-state index in [0.29, 0.717) is 4.90 Å². The van der Waals surface area contributed by atoms with E-state index in [0.717, 1.165) is 0 Å². The minimum Gasteiger partial charge on any atom is -0.480 e. The Morgan fingerprint density at radius 2 is 1.45 bits per heavy atom. The molecule has 0 saturated heterocycles. The van der Waals surface area contributed by atoms with Crippen molar-refractivity contribution in [2.75, 3.05) is 5.75 Å². The minimum atomic E-state index is -5.16. The van der Waals surface area contributed by atoms with Crippen LogP contribution in [0.1, 0.15) is 27.9 Å². The zero-order chi connectivity index (χ0) is 23.4. The number of hydrogen-bond acceptors (Lipinski definition) is 3. The largest absolute Gasteiger partial charge is 0.480 e. The molecule has 0 bridgehead atoms. The summed E-state index contributed by atoms with van der Waals surface area (Å²) in [4.78, 5) is 24.0. The van der Waals surface area contributed by atoms with Crippen LogP contribution >= 0.6 is 0 Å². The number of halogens is 6. The molecule has 31 heavy (non-hydrogen) atoms. The fraction of sp³-hybridized carbons (Fsp3) is 0.263. The first-order chi connectivity index (χ1) is 14.3. The molecule has 12 heteroatoms. The van der Waals surface area contributed by atoms with E-state index < -0.39 is 57.8 Å². The lowest BCUT2D eigenvalue weighted by molar-refractivity contribution is -0.143. The molecular formula is C19H15F6NO4S. The molecule has 2 atom stereocenters. The van der Waals surface area contributed by atoms with E-state index in [1.807, 2.05) is 5.32 Å². The fourth-order valence-electron chi connectivity index (χ4n) is 2.50. The molecule has 1 amide bonds. The van der Waals surface area contributed by atoms with Gasteiger partial charge in [-0.15, -0.1) is 0 Å². The lowest BCUT2D eigenvalue weighted by atomic mass is 10.0. The second-order valence-electron chi connectivity index (χ2n) is 6.31. The number of carbonyl (C=O) groups is 2. The second-order valence-corrected chi connectivity index (χ2v) is 7.88. The molecule has 0 radical (unpaired) electrons. The Bertz CT molecular complexity index is 943. The summed E-state index contributed by atoms with van der Waals surface area (Å²) in [5.41, 5.74) is -4.41. The van der Waals surface area contributed by atoms with Gasteiger partial charge in [-0.25, -0.2) is 4.79 Å². The van der Waals surface area contributed by atoms with Gasteiger partial charge >= 0.3 is 18.3 Å². The number of amides is 1. The molecule has 2 N–H and O–H groups in total. The normalized spacial score (nSPS) is 14.0. The van der Waals surface area contributed by atoms with Crippen molar-refractivity contribution in [1.29, 1.82) is 0 Å². The van der Waals surface area contributed by atoms with Crippen LogP contribution < -0.4 is 5.32 Å². The summed E-state index contributed by atoms with van der Waals surface area (Å²) in [6.45, 7) is 0. The molecule has 2 aromatic carbocycles. The molecule has 0 saturated carbocycles. The number of alkyl halides is 6. The van der Waals surface area contributed by atoms with Gasteiger partial charge in [0.05, 0.1) is 21.9 Å². The van der Waals surface area contributed by atoms with E-state index in [9.17, 15) is 45.2 Å². The van der Waals surface area contributed by atoms with Gasteiger partial charge in [0, 0.05) is 16.2 Å². The summed E-state index contributed by atoms with van der Waals surface area (Å²) in [5.74, 6) is -3.23. The highest BCUT2D eigenvalue weighted by molar-refractivity contribution is 7.85. The number of carboxylic acids is 1. The van der Waals surface area contributed by atoms with Crippen LogP contribution in [0.5, 0.6) is 0 Å². The number of rotatable bonds is 7. The van der Waals surface area contributed by atoms with E-state index in [2.05, 4.69) is 0 Å². The lowest BCUT2D eigenvalue weighted by Crippen LogP contribution is -2.41. The molecule has 0 fully saturated rings. The summed E-state index contributed by atoms with van der Waals surface area (Å²) < 4.78 is 89.8. The standard InChI is InChI=1S/C19H15F6NO4S/c20-18(21,22)12-8-11(9-13(10-12)19(23,24)25)16(27)26-15(17(28)29)6-7-31(30)14-4-2-1-3-5-14/h1-5,8-10,15H,6-7H2,(H,26,27)(H,28,29)/t15-,31-/m0/s1. The third-order valence-electron chi connectivity index (χ3n) is 4.05. The molecule has 0 aliphatic heterocycles. The van der Waals surface area contributed by atoms with E-state index in [1.54, 1.807) is 18.2 Å². The molecule has 168 valence electrons. The maximum absolute atomic E-state index is 12.9. The van der Waals surface area contributed by atoms with Crippen LogP contribution in [0, 0.1) is 0 Å². The lowest BCUT2D eigenvalue weighted by Gasteiger charge is -2.17. The zero-order valence-corrected chi connectivity index (χ0v) is 16.3. The minimum absolute atomic E-state index is 0.144. The van der Waals surface area contributed by atoms with Crippen molar-refractivity contribution >= 4 is 22.7 Å². The fourth-order valence-corrected chi connectivity index (χ4v) is 3.65. The predicted molar refractivity (Wildman–Crippen MR) is 97.7 cm³/mol. The van der Waals surface area contributed by atoms with E-state index in [-0.39, 0.29) is 30.4 Å². The van der Waals surface area contributed by atoms with Gasteiger partial charge in [0.25, 0.3) is 5.91 Å². The van der Waals surface area contributed by atoms with E-state index in [1.165, 1.54) is 12.1 Å². The van der Waals surface area contributed by atoms with Crippen molar-refractivity contribution in [3.63, 3.8) is 0 Å². The van der Waals surface area contributed by atoms with Crippen LogP contribution in [0.2, 0.25) is 0 Å². The highest BCUT2D eigenvalue weighted by atomic mass is 32.2. The van der Waals surface area contributed by atoms with Crippen LogP contribution in [-0.2, 0) is 27.9 Å². The third kappa shape index (κ3) is 6.81. The molecule has 0 unspecified atom stereocenters. The third-order valence-corrected chi connectivity index (χ3v) is 5.46. The van der Waals surface area contributed by atoms with Gasteiger partial charge in [0.2, 0.25) is 0 Å². The molecule has 2 rings (SSSR count). The number of aliphatic carboxylic acids is 1. The van der Waals surface area contributed by atoms with Gasteiger partial charge in [-0.3, -0.25) is 9.00 Å². The highest BCUT2D eigenvalue weighted by Crippen LogP contribution is 2.36. The SMILES string of the molecule is O=C(N[C@@H](CC[S@](=O)c1ccccc1)C(=O)O)c1cc(C(F)(F)F)cc(C(F)(F)F)c1. The molecular weight excluding hydrogens is 452 g/mol. The summed E-state index contributed by atoms with van der Waals surface area (Å²) in [6.07, 6.45) is -10.7. The highest BCUT2D eigenvalue weighted by Gasteiger charge is 2.37. The van der Waals surface area contributed by atoms with Crippen molar-refractivity contribution in [2.24, 2.45) is 0 Å². The van der Waals surface area contributed by atoms with E-state index >= 15 is 0 Å². The maximum atomic E-state index is 12.9. The first kappa shape index (κ1) is 24.4. The molecule has 2 aromatic rings. The van der Waals surface area contributed by atoms with Gasteiger partial charge in [0.1, 0.15) is 6.04 Å². The first-order valence-corrected chi connectivity index (χ1v) is 9.87. The Morgan fingerprint density at radius 1 is 0.935 bits per heavy atom. The van der Waals surface area contributed by atoms with Crippen LogP contribution in [0.25, 0.3) is 0 Å². The van der Waals surface area contributed by atoms with Gasteiger partial charge in [0.15, 0.2) is 0 Å².